The zero-order valence-electron chi connectivity index (χ0n) is 13.0. The molecule has 0 radical (unpaired) electrons. The maximum atomic E-state index is 11.8. The van der Waals surface area contributed by atoms with E-state index in [0.717, 1.165) is 24.8 Å². The van der Waals surface area contributed by atoms with Crippen LogP contribution in [0.15, 0.2) is 18.2 Å². The molecule has 1 N–H and O–H groups in total. The van der Waals surface area contributed by atoms with Gasteiger partial charge in [-0.15, -0.1) is 0 Å². The lowest BCUT2D eigenvalue weighted by Gasteiger charge is -2.06. The number of phenolic OH excluding ortho intramolecular Hbond substituents is 1. The minimum atomic E-state index is 0.0381. The molecule has 1 rings (SSSR count). The van der Waals surface area contributed by atoms with Gasteiger partial charge in [0, 0.05) is 6.42 Å². The van der Waals surface area contributed by atoms with E-state index in [9.17, 15) is 9.90 Å². The van der Waals surface area contributed by atoms with Crippen molar-refractivity contribution in [3.8, 4) is 5.75 Å². The van der Waals surface area contributed by atoms with Crippen LogP contribution in [0.1, 0.15) is 81.1 Å². The number of phenols is 1. The molecule has 0 saturated carbocycles. The van der Waals surface area contributed by atoms with Crippen LogP contribution in [0.5, 0.6) is 5.75 Å². The first-order valence-corrected chi connectivity index (χ1v) is 8.04. The lowest BCUT2D eigenvalue weighted by molar-refractivity contribution is 0.0979. The number of hydrogen-bond acceptors (Lipinski definition) is 2. The number of hydrogen-bond donors (Lipinski definition) is 1. The van der Waals surface area contributed by atoms with Gasteiger partial charge in [-0.3, -0.25) is 4.79 Å². The average molecular weight is 276 g/mol. The van der Waals surface area contributed by atoms with Crippen LogP contribution in [0.2, 0.25) is 0 Å². The van der Waals surface area contributed by atoms with Crippen LogP contribution in [0, 0.1) is 0 Å². The number of carbonyl (C=O) groups is 1. The first-order valence-electron chi connectivity index (χ1n) is 8.04. The second-order valence-corrected chi connectivity index (χ2v) is 5.54. The number of unbranched alkanes of at least 4 members (excludes halogenated alkanes) is 5. The van der Waals surface area contributed by atoms with Crippen LogP contribution in [0.3, 0.4) is 0 Å². The predicted octanol–water partition coefficient (Wildman–Crippen LogP) is 5.28. The van der Waals surface area contributed by atoms with Crippen LogP contribution in [0.25, 0.3) is 0 Å². The summed E-state index contributed by atoms with van der Waals surface area (Å²) in [6.07, 6.45) is 9.95. The van der Waals surface area contributed by atoms with Crippen molar-refractivity contribution in [1.82, 2.24) is 0 Å². The average Bonchev–Trinajstić information content (AvgIpc) is 2.43. The topological polar surface area (TPSA) is 37.3 Å². The van der Waals surface area contributed by atoms with Crippen molar-refractivity contribution in [2.45, 2.75) is 71.6 Å². The van der Waals surface area contributed by atoms with Crippen molar-refractivity contribution in [3.05, 3.63) is 29.3 Å². The fraction of sp³-hybridized carbons (Fsp3) is 0.611. The molecular weight excluding hydrogens is 248 g/mol. The van der Waals surface area contributed by atoms with Gasteiger partial charge >= 0.3 is 0 Å². The zero-order chi connectivity index (χ0) is 14.8. The molecule has 112 valence electrons. The monoisotopic (exact) mass is 276 g/mol. The Kier molecular flexibility index (Phi) is 8.01. The molecule has 1 aromatic rings. The molecule has 0 fully saturated rings. The van der Waals surface area contributed by atoms with Crippen LogP contribution in [-0.4, -0.2) is 10.9 Å². The van der Waals surface area contributed by atoms with Crippen LogP contribution in [-0.2, 0) is 6.42 Å². The highest BCUT2D eigenvalue weighted by molar-refractivity contribution is 5.98. The Morgan fingerprint density at radius 3 is 2.35 bits per heavy atom. The molecule has 0 bridgehead atoms. The lowest BCUT2D eigenvalue weighted by Crippen LogP contribution is -1.99. The fourth-order valence-corrected chi connectivity index (χ4v) is 2.44. The number of Topliss-reactive ketones (excluding diaryl/α,β-unsaturated/α-hetero) is 1. The van der Waals surface area contributed by atoms with Gasteiger partial charge in [-0.05, 0) is 37.0 Å². The van der Waals surface area contributed by atoms with Gasteiger partial charge in [0.15, 0.2) is 5.78 Å². The quantitative estimate of drug-likeness (QED) is 0.466. The summed E-state index contributed by atoms with van der Waals surface area (Å²) in [5.41, 5.74) is 1.60. The second kappa shape index (κ2) is 9.57. The van der Waals surface area contributed by atoms with Gasteiger partial charge in [-0.25, -0.2) is 0 Å². The molecule has 0 amide bonds. The van der Waals surface area contributed by atoms with Gasteiger partial charge < -0.3 is 5.11 Å². The Morgan fingerprint density at radius 2 is 1.70 bits per heavy atom. The molecule has 1 aromatic carbocycles. The molecule has 0 aliphatic rings. The summed E-state index contributed by atoms with van der Waals surface area (Å²) in [4.78, 5) is 11.8. The van der Waals surface area contributed by atoms with Gasteiger partial charge in [0.05, 0.1) is 5.56 Å². The van der Waals surface area contributed by atoms with E-state index in [0.29, 0.717) is 12.0 Å². The number of aryl methyl sites for hydroxylation is 1. The first-order chi connectivity index (χ1) is 9.69. The van der Waals surface area contributed by atoms with Crippen molar-refractivity contribution in [2.24, 2.45) is 0 Å². The summed E-state index contributed by atoms with van der Waals surface area (Å²) in [6, 6.07) is 5.52. The van der Waals surface area contributed by atoms with Crippen LogP contribution >= 0.6 is 0 Å². The molecule has 0 atom stereocenters. The highest BCUT2D eigenvalue weighted by Crippen LogP contribution is 2.22. The molecule has 2 heteroatoms. The summed E-state index contributed by atoms with van der Waals surface area (Å²) < 4.78 is 0. The van der Waals surface area contributed by atoms with E-state index in [4.69, 9.17) is 0 Å². The third kappa shape index (κ3) is 5.77. The van der Waals surface area contributed by atoms with Gasteiger partial charge in [-0.1, -0.05) is 52.0 Å². The highest BCUT2D eigenvalue weighted by Gasteiger charge is 2.10. The molecule has 0 unspecified atom stereocenters. The molecule has 0 heterocycles. The summed E-state index contributed by atoms with van der Waals surface area (Å²) in [5.74, 6) is 0.183. The van der Waals surface area contributed by atoms with Crippen molar-refractivity contribution in [3.63, 3.8) is 0 Å². The van der Waals surface area contributed by atoms with Crippen LogP contribution < -0.4 is 0 Å². The zero-order valence-corrected chi connectivity index (χ0v) is 13.0. The van der Waals surface area contributed by atoms with Gasteiger partial charge in [0.1, 0.15) is 5.75 Å². The normalized spacial score (nSPS) is 10.7. The number of carbonyl (C=O) groups excluding carboxylic acids is 1. The fourth-order valence-electron chi connectivity index (χ4n) is 2.44. The minimum absolute atomic E-state index is 0.0381. The summed E-state index contributed by atoms with van der Waals surface area (Å²) in [6.45, 7) is 4.20. The van der Waals surface area contributed by atoms with Gasteiger partial charge in [-0.2, -0.15) is 0 Å². The summed E-state index contributed by atoms with van der Waals surface area (Å²) in [7, 11) is 0. The van der Waals surface area contributed by atoms with Crippen molar-refractivity contribution in [1.29, 1.82) is 0 Å². The molecule has 0 aromatic heterocycles. The lowest BCUT2D eigenvalue weighted by atomic mass is 10.0. The van der Waals surface area contributed by atoms with Crippen molar-refractivity contribution >= 4 is 5.78 Å². The summed E-state index contributed by atoms with van der Waals surface area (Å²) in [5, 5.41) is 9.94. The maximum Gasteiger partial charge on any atom is 0.166 e. The minimum Gasteiger partial charge on any atom is -0.507 e. The molecule has 0 aliphatic heterocycles. The van der Waals surface area contributed by atoms with Gasteiger partial charge in [0.2, 0.25) is 0 Å². The van der Waals surface area contributed by atoms with Crippen molar-refractivity contribution in [2.75, 3.05) is 0 Å². The SMILES string of the molecule is CCCCCCCCc1ccc(C(=O)CCC)c(O)c1. The van der Waals surface area contributed by atoms with Gasteiger partial charge in [0.25, 0.3) is 0 Å². The van der Waals surface area contributed by atoms with E-state index < -0.39 is 0 Å². The number of ketones is 1. The van der Waals surface area contributed by atoms with E-state index in [2.05, 4.69) is 6.92 Å². The molecular formula is C18H28O2. The first kappa shape index (κ1) is 16.7. The standard InChI is InChI=1S/C18H28O2/c1-3-5-6-7-8-9-11-15-12-13-16(18(20)14-15)17(19)10-4-2/h12-14,20H,3-11H2,1-2H3. The van der Waals surface area contributed by atoms with Crippen LogP contribution in [0.4, 0.5) is 0 Å². The van der Waals surface area contributed by atoms with E-state index in [1.807, 2.05) is 13.0 Å². The predicted molar refractivity (Wildman–Crippen MR) is 84.4 cm³/mol. The summed E-state index contributed by atoms with van der Waals surface area (Å²) >= 11 is 0. The van der Waals surface area contributed by atoms with E-state index in [1.165, 1.54) is 32.1 Å². The Balaban J connectivity index is 2.41. The Morgan fingerprint density at radius 1 is 1.00 bits per heavy atom. The second-order valence-electron chi connectivity index (χ2n) is 5.54. The maximum absolute atomic E-state index is 11.8. The number of rotatable bonds is 10. The van der Waals surface area contributed by atoms with E-state index in [1.54, 1.807) is 12.1 Å². The Hall–Kier alpha value is -1.31. The third-order valence-electron chi connectivity index (χ3n) is 3.66. The van der Waals surface area contributed by atoms with E-state index in [-0.39, 0.29) is 11.5 Å². The Bertz CT molecular complexity index is 410. The number of aromatic hydroxyl groups is 1. The Labute approximate surface area is 123 Å². The molecule has 0 spiro atoms. The molecule has 20 heavy (non-hydrogen) atoms. The molecule has 0 saturated heterocycles. The number of benzene rings is 1. The van der Waals surface area contributed by atoms with Crippen molar-refractivity contribution < 1.29 is 9.90 Å². The van der Waals surface area contributed by atoms with E-state index >= 15 is 0 Å². The third-order valence-corrected chi connectivity index (χ3v) is 3.66. The largest absolute Gasteiger partial charge is 0.507 e. The smallest absolute Gasteiger partial charge is 0.166 e. The molecule has 0 aliphatic carbocycles. The highest BCUT2D eigenvalue weighted by atomic mass is 16.3. The molecule has 2 nitrogen and oxygen atoms in total.